The Hall–Kier alpha value is -1.10. The van der Waals surface area contributed by atoms with E-state index in [2.05, 4.69) is 53.4 Å². The summed E-state index contributed by atoms with van der Waals surface area (Å²) in [7, 11) is 2.20. The van der Waals surface area contributed by atoms with Gasteiger partial charge in [-0.2, -0.15) is 0 Å². The van der Waals surface area contributed by atoms with E-state index >= 15 is 0 Å². The second kappa shape index (κ2) is 9.03. The van der Waals surface area contributed by atoms with Crippen LogP contribution in [0.4, 0.5) is 0 Å². The number of nitrogens with one attached hydrogen (secondary N) is 1. The van der Waals surface area contributed by atoms with Crippen molar-refractivity contribution in [1.29, 1.82) is 0 Å². The monoisotopic (exact) mass is 291 g/mol. The van der Waals surface area contributed by atoms with Gasteiger partial charge in [-0.05, 0) is 31.2 Å². The van der Waals surface area contributed by atoms with E-state index in [1.807, 2.05) is 0 Å². The van der Waals surface area contributed by atoms with Crippen molar-refractivity contribution in [3.8, 4) is 5.75 Å². The zero-order valence-corrected chi connectivity index (χ0v) is 13.5. The smallest absolute Gasteiger partial charge is 0.119 e. The third-order valence-corrected chi connectivity index (χ3v) is 3.93. The molecular weight excluding hydrogens is 262 g/mol. The number of piperazine rings is 1. The first kappa shape index (κ1) is 16.3. The Kier molecular flexibility index (Phi) is 7.00. The fourth-order valence-corrected chi connectivity index (χ4v) is 2.46. The highest BCUT2D eigenvalue weighted by molar-refractivity contribution is 5.27. The summed E-state index contributed by atoms with van der Waals surface area (Å²) in [6.07, 6.45) is 1.05. The maximum Gasteiger partial charge on any atom is 0.119 e. The van der Waals surface area contributed by atoms with Gasteiger partial charge in [0, 0.05) is 45.8 Å². The van der Waals surface area contributed by atoms with Gasteiger partial charge in [-0.3, -0.25) is 4.90 Å². The summed E-state index contributed by atoms with van der Waals surface area (Å²) >= 11 is 0. The van der Waals surface area contributed by atoms with Crippen molar-refractivity contribution in [3.05, 3.63) is 29.8 Å². The lowest BCUT2D eigenvalue weighted by Gasteiger charge is -2.32. The first-order valence-corrected chi connectivity index (χ1v) is 8.11. The highest BCUT2D eigenvalue weighted by atomic mass is 16.5. The Morgan fingerprint density at radius 2 is 1.81 bits per heavy atom. The number of ether oxygens (including phenoxy) is 1. The van der Waals surface area contributed by atoms with Crippen LogP contribution in [-0.2, 0) is 6.54 Å². The molecule has 0 atom stereocenters. The molecule has 0 aliphatic carbocycles. The number of nitrogens with zero attached hydrogens (tertiary/aromatic N) is 2. The highest BCUT2D eigenvalue weighted by Crippen LogP contribution is 2.12. The molecule has 21 heavy (non-hydrogen) atoms. The minimum absolute atomic E-state index is 0.794. The molecule has 0 aromatic heterocycles. The minimum Gasteiger partial charge on any atom is -0.494 e. The first-order chi connectivity index (χ1) is 10.3. The summed E-state index contributed by atoms with van der Waals surface area (Å²) in [5.74, 6) is 0.970. The topological polar surface area (TPSA) is 27.7 Å². The molecule has 4 heteroatoms. The predicted molar refractivity (Wildman–Crippen MR) is 87.9 cm³/mol. The second-order valence-electron chi connectivity index (χ2n) is 5.81. The largest absolute Gasteiger partial charge is 0.494 e. The standard InChI is InChI=1S/C17H29N3O/c1-3-14-21-17-6-4-16(5-7-17)15-18-8-9-20-12-10-19(2)11-13-20/h4-7,18H,3,8-15H2,1-2H3. The van der Waals surface area contributed by atoms with Crippen LogP contribution in [0.1, 0.15) is 18.9 Å². The summed E-state index contributed by atoms with van der Waals surface area (Å²) in [4.78, 5) is 4.93. The molecule has 2 rings (SSSR count). The summed E-state index contributed by atoms with van der Waals surface area (Å²) < 4.78 is 5.59. The Bertz CT molecular complexity index is 386. The molecule has 1 N–H and O–H groups in total. The summed E-state index contributed by atoms with van der Waals surface area (Å²) in [5.41, 5.74) is 1.32. The van der Waals surface area contributed by atoms with Crippen LogP contribution in [0.25, 0.3) is 0 Å². The Morgan fingerprint density at radius 3 is 2.48 bits per heavy atom. The van der Waals surface area contributed by atoms with Gasteiger partial charge in [0.15, 0.2) is 0 Å². The summed E-state index contributed by atoms with van der Waals surface area (Å²) in [5, 5.41) is 3.53. The van der Waals surface area contributed by atoms with Gasteiger partial charge in [0.25, 0.3) is 0 Å². The van der Waals surface area contributed by atoms with Crippen molar-refractivity contribution in [2.75, 3.05) is 52.9 Å². The van der Waals surface area contributed by atoms with Crippen molar-refractivity contribution < 1.29 is 4.74 Å². The maximum atomic E-state index is 5.59. The van der Waals surface area contributed by atoms with Crippen molar-refractivity contribution in [2.24, 2.45) is 0 Å². The van der Waals surface area contributed by atoms with Crippen molar-refractivity contribution in [1.82, 2.24) is 15.1 Å². The van der Waals surface area contributed by atoms with E-state index in [-0.39, 0.29) is 0 Å². The quantitative estimate of drug-likeness (QED) is 0.739. The summed E-state index contributed by atoms with van der Waals surface area (Å²) in [6.45, 7) is 10.8. The van der Waals surface area contributed by atoms with Gasteiger partial charge in [0.2, 0.25) is 0 Å². The molecule has 1 aromatic rings. The molecule has 1 aromatic carbocycles. The number of hydrogen-bond acceptors (Lipinski definition) is 4. The molecular formula is C17H29N3O. The van der Waals surface area contributed by atoms with E-state index < -0.39 is 0 Å². The lowest BCUT2D eigenvalue weighted by molar-refractivity contribution is 0.154. The normalized spacial score (nSPS) is 17.0. The van der Waals surface area contributed by atoms with Crippen molar-refractivity contribution >= 4 is 0 Å². The molecule has 0 radical (unpaired) electrons. The molecule has 4 nitrogen and oxygen atoms in total. The summed E-state index contributed by atoms with van der Waals surface area (Å²) in [6, 6.07) is 8.42. The van der Waals surface area contributed by atoms with Crippen LogP contribution in [0.3, 0.4) is 0 Å². The van der Waals surface area contributed by atoms with Crippen LogP contribution < -0.4 is 10.1 Å². The molecule has 1 saturated heterocycles. The SMILES string of the molecule is CCCOc1ccc(CNCCN2CCN(C)CC2)cc1. The minimum atomic E-state index is 0.794. The molecule has 1 heterocycles. The van der Waals surface area contributed by atoms with Gasteiger partial charge in [-0.25, -0.2) is 0 Å². The van der Waals surface area contributed by atoms with E-state index in [0.29, 0.717) is 0 Å². The van der Waals surface area contributed by atoms with E-state index in [9.17, 15) is 0 Å². The van der Waals surface area contributed by atoms with Gasteiger partial charge in [-0.1, -0.05) is 19.1 Å². The average Bonchev–Trinajstić information content (AvgIpc) is 2.52. The van der Waals surface area contributed by atoms with E-state index in [0.717, 1.165) is 38.4 Å². The van der Waals surface area contributed by atoms with Crippen LogP contribution >= 0.6 is 0 Å². The number of benzene rings is 1. The zero-order chi connectivity index (χ0) is 14.9. The molecule has 1 fully saturated rings. The van der Waals surface area contributed by atoms with Crippen LogP contribution in [0.2, 0.25) is 0 Å². The Balaban J connectivity index is 1.60. The van der Waals surface area contributed by atoms with Gasteiger partial charge in [0.05, 0.1) is 6.61 Å². The van der Waals surface area contributed by atoms with Crippen molar-refractivity contribution in [3.63, 3.8) is 0 Å². The average molecular weight is 291 g/mol. The van der Waals surface area contributed by atoms with Crippen molar-refractivity contribution in [2.45, 2.75) is 19.9 Å². The third-order valence-electron chi connectivity index (χ3n) is 3.93. The Labute approximate surface area is 129 Å². The van der Waals surface area contributed by atoms with Crippen LogP contribution in [0, 0.1) is 0 Å². The molecule has 0 amide bonds. The predicted octanol–water partition coefficient (Wildman–Crippen LogP) is 1.81. The molecule has 0 spiro atoms. The molecule has 0 bridgehead atoms. The Morgan fingerprint density at radius 1 is 1.10 bits per heavy atom. The van der Waals surface area contributed by atoms with Crippen LogP contribution in [-0.4, -0.2) is 62.7 Å². The van der Waals surface area contributed by atoms with E-state index in [1.165, 1.54) is 31.7 Å². The van der Waals surface area contributed by atoms with Crippen LogP contribution in [0.5, 0.6) is 5.75 Å². The maximum absolute atomic E-state index is 5.59. The van der Waals surface area contributed by atoms with E-state index in [4.69, 9.17) is 4.74 Å². The molecule has 1 aliphatic heterocycles. The zero-order valence-electron chi connectivity index (χ0n) is 13.5. The number of likely N-dealkylation sites (N-methyl/N-ethyl adjacent to an activating group) is 1. The molecule has 1 aliphatic rings. The van der Waals surface area contributed by atoms with Gasteiger partial charge in [-0.15, -0.1) is 0 Å². The van der Waals surface area contributed by atoms with Gasteiger partial charge >= 0.3 is 0 Å². The fourth-order valence-electron chi connectivity index (χ4n) is 2.46. The lowest BCUT2D eigenvalue weighted by atomic mass is 10.2. The first-order valence-electron chi connectivity index (χ1n) is 8.11. The lowest BCUT2D eigenvalue weighted by Crippen LogP contribution is -2.46. The highest BCUT2D eigenvalue weighted by Gasteiger charge is 2.12. The van der Waals surface area contributed by atoms with Gasteiger partial charge < -0.3 is 15.0 Å². The number of rotatable bonds is 8. The third kappa shape index (κ3) is 6.04. The fraction of sp³-hybridized carbons (Fsp3) is 0.647. The molecule has 0 unspecified atom stereocenters. The molecule has 0 saturated carbocycles. The van der Waals surface area contributed by atoms with Crippen LogP contribution in [0.15, 0.2) is 24.3 Å². The van der Waals surface area contributed by atoms with E-state index in [1.54, 1.807) is 0 Å². The van der Waals surface area contributed by atoms with Gasteiger partial charge in [0.1, 0.15) is 5.75 Å². The number of hydrogen-bond donors (Lipinski definition) is 1. The second-order valence-corrected chi connectivity index (χ2v) is 5.81. The molecule has 118 valence electrons.